The maximum Gasteiger partial charge on any atom is 0.408 e. The monoisotopic (exact) mass is 428 g/mol. The van der Waals surface area contributed by atoms with E-state index in [0.29, 0.717) is 17.1 Å². The van der Waals surface area contributed by atoms with Crippen LogP contribution in [0.4, 0.5) is 19.0 Å². The van der Waals surface area contributed by atoms with Crippen molar-refractivity contribution < 1.29 is 13.2 Å². The van der Waals surface area contributed by atoms with Crippen molar-refractivity contribution in [1.82, 2.24) is 34.8 Å². The van der Waals surface area contributed by atoms with Gasteiger partial charge in [0.2, 0.25) is 0 Å². The highest BCUT2D eigenvalue weighted by Gasteiger charge is 2.28. The fraction of sp³-hybridized carbons (Fsp3) is 0.300. The third kappa shape index (κ3) is 4.08. The smallest absolute Gasteiger partial charge is 0.354 e. The first-order valence-corrected chi connectivity index (χ1v) is 9.83. The molecule has 5 heterocycles. The molecule has 8 nitrogen and oxygen atoms in total. The van der Waals surface area contributed by atoms with E-state index in [-0.39, 0.29) is 0 Å². The zero-order chi connectivity index (χ0) is 21.4. The van der Waals surface area contributed by atoms with Gasteiger partial charge in [-0.15, -0.1) is 0 Å². The number of rotatable bonds is 4. The molecule has 11 heteroatoms. The Bertz CT molecular complexity index is 1210. The predicted molar refractivity (Wildman–Crippen MR) is 109 cm³/mol. The van der Waals surface area contributed by atoms with E-state index < -0.39 is 12.7 Å². The van der Waals surface area contributed by atoms with Crippen molar-refractivity contribution >= 4 is 16.7 Å². The van der Waals surface area contributed by atoms with Crippen molar-refractivity contribution in [3.05, 3.63) is 49.1 Å². The molecular formula is C20H19F3N8. The zero-order valence-electron chi connectivity index (χ0n) is 16.4. The van der Waals surface area contributed by atoms with Crippen LogP contribution >= 0.6 is 0 Å². The van der Waals surface area contributed by atoms with Crippen LogP contribution in [-0.4, -0.2) is 61.9 Å². The summed E-state index contributed by atoms with van der Waals surface area (Å²) < 4.78 is 40.4. The van der Waals surface area contributed by atoms with Gasteiger partial charge in [0.15, 0.2) is 5.82 Å². The molecule has 1 aliphatic heterocycles. The van der Waals surface area contributed by atoms with Gasteiger partial charge < -0.3 is 10.2 Å². The quantitative estimate of drug-likeness (QED) is 0.539. The average molecular weight is 428 g/mol. The Morgan fingerprint density at radius 3 is 2.61 bits per heavy atom. The topological polar surface area (TPSA) is 76.7 Å². The Morgan fingerprint density at radius 2 is 1.81 bits per heavy atom. The number of nitrogens with zero attached hydrogens (tertiary/aromatic N) is 7. The number of hydrogen-bond donors (Lipinski definition) is 1. The lowest BCUT2D eigenvalue weighted by molar-refractivity contribution is -0.142. The number of halogens is 3. The maximum atomic E-state index is 12.6. The molecule has 0 saturated carbocycles. The molecular weight excluding hydrogens is 409 g/mol. The van der Waals surface area contributed by atoms with E-state index in [2.05, 4.69) is 25.4 Å². The second kappa shape index (κ2) is 7.65. The second-order valence-electron chi connectivity index (χ2n) is 7.32. The van der Waals surface area contributed by atoms with Gasteiger partial charge in [0.25, 0.3) is 0 Å². The van der Waals surface area contributed by atoms with Crippen molar-refractivity contribution in [2.75, 3.05) is 31.1 Å². The van der Waals surface area contributed by atoms with Gasteiger partial charge in [0, 0.05) is 49.5 Å². The maximum absolute atomic E-state index is 12.6. The standard InChI is InChI=1S/C20H19F3N8/c21-20(22,23)13-30-12-15(11-26-30)16-8-17-14(9-25-16)10-27-31(17)19-3-1-2-18(28-19)29-6-4-24-5-7-29/h1-3,8-12,24H,4-7,13H2. The number of alkyl halides is 3. The van der Waals surface area contributed by atoms with Crippen LogP contribution in [-0.2, 0) is 6.54 Å². The molecule has 1 N–H and O–H groups in total. The van der Waals surface area contributed by atoms with E-state index in [0.717, 1.165) is 47.6 Å². The SMILES string of the molecule is FC(F)(F)Cn1cc(-c2cc3c(cn2)cnn3-c2cccc(N3CCNCC3)n2)cn1. The number of pyridine rings is 2. The number of aromatic nitrogens is 6. The van der Waals surface area contributed by atoms with Crippen molar-refractivity contribution in [1.29, 1.82) is 0 Å². The summed E-state index contributed by atoms with van der Waals surface area (Å²) in [6, 6.07) is 7.58. The molecule has 1 aliphatic rings. The normalized spacial score (nSPS) is 15.0. The van der Waals surface area contributed by atoms with Crippen LogP contribution in [0.5, 0.6) is 0 Å². The largest absolute Gasteiger partial charge is 0.408 e. The van der Waals surface area contributed by atoms with Crippen molar-refractivity contribution in [2.24, 2.45) is 0 Å². The van der Waals surface area contributed by atoms with Gasteiger partial charge in [-0.25, -0.2) is 9.67 Å². The summed E-state index contributed by atoms with van der Waals surface area (Å²) in [7, 11) is 0. The minimum atomic E-state index is -4.33. The van der Waals surface area contributed by atoms with Crippen LogP contribution in [0.25, 0.3) is 28.0 Å². The molecule has 0 radical (unpaired) electrons. The molecule has 0 spiro atoms. The molecule has 0 unspecified atom stereocenters. The van der Waals surface area contributed by atoms with Crippen molar-refractivity contribution in [2.45, 2.75) is 12.7 Å². The Labute approximate surface area is 175 Å². The van der Waals surface area contributed by atoms with E-state index in [4.69, 9.17) is 4.98 Å². The van der Waals surface area contributed by atoms with Gasteiger partial charge in [0.1, 0.15) is 12.4 Å². The third-order valence-electron chi connectivity index (χ3n) is 5.10. The zero-order valence-corrected chi connectivity index (χ0v) is 16.4. The molecule has 0 aromatic carbocycles. The first-order chi connectivity index (χ1) is 15.0. The number of anilines is 1. The number of fused-ring (bicyclic) bond motifs is 1. The number of piperazine rings is 1. The Morgan fingerprint density at radius 1 is 1.00 bits per heavy atom. The summed E-state index contributed by atoms with van der Waals surface area (Å²) in [5.74, 6) is 1.54. The highest BCUT2D eigenvalue weighted by atomic mass is 19.4. The first kappa shape index (κ1) is 19.5. The highest BCUT2D eigenvalue weighted by molar-refractivity contribution is 5.83. The van der Waals surface area contributed by atoms with E-state index in [1.54, 1.807) is 23.1 Å². The Kier molecular flexibility index (Phi) is 4.81. The van der Waals surface area contributed by atoms with Crippen molar-refractivity contribution in [3.63, 3.8) is 0 Å². The summed E-state index contributed by atoms with van der Waals surface area (Å²) in [5, 5.41) is 12.4. The summed E-state index contributed by atoms with van der Waals surface area (Å²) in [6.45, 7) is 2.44. The van der Waals surface area contributed by atoms with Crippen LogP contribution < -0.4 is 10.2 Å². The van der Waals surface area contributed by atoms with Crippen LogP contribution in [0, 0.1) is 0 Å². The fourth-order valence-electron chi connectivity index (χ4n) is 3.63. The third-order valence-corrected chi connectivity index (χ3v) is 5.10. The average Bonchev–Trinajstić information content (AvgIpc) is 3.40. The summed E-state index contributed by atoms with van der Waals surface area (Å²) in [6.07, 6.45) is 1.73. The van der Waals surface area contributed by atoms with Gasteiger partial charge in [-0.3, -0.25) is 9.67 Å². The molecule has 0 aliphatic carbocycles. The molecule has 1 saturated heterocycles. The predicted octanol–water partition coefficient (Wildman–Crippen LogP) is 2.65. The minimum absolute atomic E-state index is 0.501. The number of hydrogen-bond acceptors (Lipinski definition) is 6. The Hall–Kier alpha value is -3.47. The van der Waals surface area contributed by atoms with Gasteiger partial charge in [-0.2, -0.15) is 23.4 Å². The molecule has 0 bridgehead atoms. The van der Waals surface area contributed by atoms with Crippen LogP contribution in [0.1, 0.15) is 0 Å². The summed E-state index contributed by atoms with van der Waals surface area (Å²) in [4.78, 5) is 11.4. The van der Waals surface area contributed by atoms with Crippen LogP contribution in [0.3, 0.4) is 0 Å². The lowest BCUT2D eigenvalue weighted by atomic mass is 10.2. The molecule has 1 fully saturated rings. The molecule has 5 rings (SSSR count). The van der Waals surface area contributed by atoms with Crippen LogP contribution in [0.2, 0.25) is 0 Å². The molecule has 0 amide bonds. The molecule has 31 heavy (non-hydrogen) atoms. The molecule has 160 valence electrons. The Balaban J connectivity index is 1.49. The number of nitrogens with one attached hydrogen (secondary N) is 1. The van der Waals surface area contributed by atoms with E-state index in [9.17, 15) is 13.2 Å². The fourth-order valence-corrected chi connectivity index (χ4v) is 3.63. The van der Waals surface area contributed by atoms with E-state index in [1.807, 2.05) is 18.2 Å². The van der Waals surface area contributed by atoms with Crippen molar-refractivity contribution in [3.8, 4) is 17.1 Å². The minimum Gasteiger partial charge on any atom is -0.354 e. The van der Waals surface area contributed by atoms with E-state index in [1.165, 1.54) is 12.4 Å². The van der Waals surface area contributed by atoms with E-state index >= 15 is 0 Å². The molecule has 4 aromatic heterocycles. The summed E-state index contributed by atoms with van der Waals surface area (Å²) >= 11 is 0. The second-order valence-corrected chi connectivity index (χ2v) is 7.32. The molecule has 0 atom stereocenters. The molecule has 4 aromatic rings. The van der Waals surface area contributed by atoms with Gasteiger partial charge >= 0.3 is 6.18 Å². The highest BCUT2D eigenvalue weighted by Crippen LogP contribution is 2.25. The van der Waals surface area contributed by atoms with Gasteiger partial charge in [-0.05, 0) is 18.2 Å². The van der Waals surface area contributed by atoms with Crippen LogP contribution in [0.15, 0.2) is 49.1 Å². The lowest BCUT2D eigenvalue weighted by Crippen LogP contribution is -2.43. The van der Waals surface area contributed by atoms with Gasteiger partial charge in [-0.1, -0.05) is 6.07 Å². The first-order valence-electron chi connectivity index (χ1n) is 9.83. The summed E-state index contributed by atoms with van der Waals surface area (Å²) in [5.41, 5.74) is 1.78. The lowest BCUT2D eigenvalue weighted by Gasteiger charge is -2.28. The van der Waals surface area contributed by atoms with Gasteiger partial charge in [0.05, 0.1) is 23.6 Å².